The Morgan fingerprint density at radius 2 is 1.87 bits per heavy atom. The van der Waals surface area contributed by atoms with Gasteiger partial charge in [-0.1, -0.05) is 13.8 Å². The summed E-state index contributed by atoms with van der Waals surface area (Å²) in [5, 5.41) is 2.95. The molecule has 1 aromatic heterocycles. The van der Waals surface area contributed by atoms with E-state index in [-0.39, 0.29) is 17.6 Å². The minimum atomic E-state index is -0.242. The molecular formula is C17H24N4O2. The second-order valence-corrected chi connectivity index (χ2v) is 6.90. The predicted molar refractivity (Wildman–Crippen MR) is 91.5 cm³/mol. The van der Waals surface area contributed by atoms with Gasteiger partial charge in [0, 0.05) is 18.8 Å². The largest absolute Gasteiger partial charge is 0.325 e. The standard InChI is InChI=1S/C17H24N4O2/c1-10-6-11(2)9-21(8-10)12(3)16(22)18-13-4-5-14-15(7-13)20-17(23)19-14/h4-5,7,10-12H,6,8-9H2,1-3H3,(H,18,22)(H2,19,20,23)/t10-,11-,12+/m1/s1. The maximum absolute atomic E-state index is 12.5. The Kier molecular flexibility index (Phi) is 4.26. The number of nitrogens with zero attached hydrogens (tertiary/aromatic N) is 1. The van der Waals surface area contributed by atoms with E-state index in [1.54, 1.807) is 18.2 Å². The number of piperidine rings is 1. The Morgan fingerprint density at radius 3 is 2.57 bits per heavy atom. The number of carbonyl (C=O) groups is 1. The van der Waals surface area contributed by atoms with Gasteiger partial charge in [-0.25, -0.2) is 4.79 Å². The van der Waals surface area contributed by atoms with Crippen LogP contribution in [-0.4, -0.2) is 39.9 Å². The molecule has 1 aliphatic heterocycles. The highest BCUT2D eigenvalue weighted by molar-refractivity contribution is 5.96. The minimum Gasteiger partial charge on any atom is -0.325 e. The summed E-state index contributed by atoms with van der Waals surface area (Å²) in [5.41, 5.74) is 1.89. The van der Waals surface area contributed by atoms with Crippen molar-refractivity contribution in [2.24, 2.45) is 11.8 Å². The summed E-state index contributed by atoms with van der Waals surface area (Å²) >= 11 is 0. The van der Waals surface area contributed by atoms with E-state index in [1.807, 2.05) is 6.92 Å². The first kappa shape index (κ1) is 15.8. The highest BCUT2D eigenvalue weighted by Crippen LogP contribution is 2.23. The molecule has 0 bridgehead atoms. The van der Waals surface area contributed by atoms with Crippen LogP contribution in [0.3, 0.4) is 0 Å². The van der Waals surface area contributed by atoms with E-state index in [0.29, 0.717) is 23.0 Å². The number of imidazole rings is 1. The number of aromatic amines is 2. The number of hydrogen-bond acceptors (Lipinski definition) is 3. The molecule has 2 aromatic rings. The number of fused-ring (bicyclic) bond motifs is 1. The summed E-state index contributed by atoms with van der Waals surface area (Å²) in [7, 11) is 0. The van der Waals surface area contributed by atoms with Crippen molar-refractivity contribution in [3.05, 3.63) is 28.7 Å². The van der Waals surface area contributed by atoms with E-state index in [9.17, 15) is 9.59 Å². The molecule has 2 heterocycles. The molecular weight excluding hydrogens is 292 g/mol. The van der Waals surface area contributed by atoms with Crippen molar-refractivity contribution >= 4 is 22.6 Å². The summed E-state index contributed by atoms with van der Waals surface area (Å²) in [5.74, 6) is 1.23. The maximum Gasteiger partial charge on any atom is 0.323 e. The SMILES string of the molecule is C[C@@H]1C[C@@H](C)CN([C@@H](C)C(=O)Nc2ccc3[nH]c(=O)[nH]c3c2)C1. The number of hydrogen-bond donors (Lipinski definition) is 3. The molecule has 0 saturated carbocycles. The van der Waals surface area contributed by atoms with Crippen molar-refractivity contribution in [2.75, 3.05) is 18.4 Å². The van der Waals surface area contributed by atoms with Gasteiger partial charge in [0.15, 0.2) is 0 Å². The first-order chi connectivity index (χ1) is 10.9. The van der Waals surface area contributed by atoms with Crippen LogP contribution in [0.25, 0.3) is 11.0 Å². The number of likely N-dealkylation sites (tertiary alicyclic amines) is 1. The van der Waals surface area contributed by atoms with Crippen LogP contribution < -0.4 is 11.0 Å². The van der Waals surface area contributed by atoms with Crippen LogP contribution in [0.4, 0.5) is 5.69 Å². The van der Waals surface area contributed by atoms with Gasteiger partial charge in [-0.15, -0.1) is 0 Å². The van der Waals surface area contributed by atoms with E-state index in [2.05, 4.69) is 34.0 Å². The summed E-state index contributed by atoms with van der Waals surface area (Å²) < 4.78 is 0. The normalized spacial score (nSPS) is 23.8. The van der Waals surface area contributed by atoms with Gasteiger partial charge < -0.3 is 15.3 Å². The van der Waals surface area contributed by atoms with E-state index in [0.717, 1.165) is 18.6 Å². The Hall–Kier alpha value is -2.08. The first-order valence-electron chi connectivity index (χ1n) is 8.19. The quantitative estimate of drug-likeness (QED) is 0.811. The Balaban J connectivity index is 1.70. The lowest BCUT2D eigenvalue weighted by Crippen LogP contribution is -2.48. The Labute approximate surface area is 135 Å². The Bertz CT molecular complexity index is 753. The fraction of sp³-hybridized carbons (Fsp3) is 0.529. The van der Waals surface area contributed by atoms with Gasteiger partial charge in [0.05, 0.1) is 17.1 Å². The number of H-pyrrole nitrogens is 2. The zero-order valence-electron chi connectivity index (χ0n) is 13.8. The molecule has 1 saturated heterocycles. The lowest BCUT2D eigenvalue weighted by Gasteiger charge is -2.38. The second kappa shape index (κ2) is 6.20. The molecule has 3 N–H and O–H groups in total. The molecule has 0 spiro atoms. The third-order valence-corrected chi connectivity index (χ3v) is 4.61. The fourth-order valence-electron chi connectivity index (χ4n) is 3.55. The van der Waals surface area contributed by atoms with Crippen LogP contribution in [0.2, 0.25) is 0 Å². The zero-order chi connectivity index (χ0) is 16.6. The summed E-state index contributed by atoms with van der Waals surface area (Å²) in [4.78, 5) is 31.5. The van der Waals surface area contributed by atoms with E-state index in [4.69, 9.17) is 0 Å². The molecule has 23 heavy (non-hydrogen) atoms. The molecule has 6 heteroatoms. The van der Waals surface area contributed by atoms with Crippen molar-refractivity contribution < 1.29 is 4.79 Å². The number of aromatic nitrogens is 2. The first-order valence-corrected chi connectivity index (χ1v) is 8.19. The molecule has 3 rings (SSSR count). The maximum atomic E-state index is 12.5. The van der Waals surface area contributed by atoms with Gasteiger partial charge in [0.2, 0.25) is 5.91 Å². The summed E-state index contributed by atoms with van der Waals surface area (Å²) in [6, 6.07) is 5.21. The number of amides is 1. The smallest absolute Gasteiger partial charge is 0.323 e. The van der Waals surface area contributed by atoms with Crippen molar-refractivity contribution in [3.8, 4) is 0 Å². The van der Waals surface area contributed by atoms with E-state index >= 15 is 0 Å². The van der Waals surface area contributed by atoms with Gasteiger partial charge in [0.25, 0.3) is 0 Å². The highest BCUT2D eigenvalue weighted by atomic mass is 16.2. The molecule has 6 nitrogen and oxygen atoms in total. The summed E-state index contributed by atoms with van der Waals surface area (Å²) in [6.45, 7) is 8.36. The van der Waals surface area contributed by atoms with Gasteiger partial charge in [-0.2, -0.15) is 0 Å². The van der Waals surface area contributed by atoms with Crippen LogP contribution in [0.5, 0.6) is 0 Å². The molecule has 0 unspecified atom stereocenters. The third kappa shape index (κ3) is 3.47. The zero-order valence-corrected chi connectivity index (χ0v) is 13.8. The number of carbonyl (C=O) groups excluding carboxylic acids is 1. The molecule has 1 fully saturated rings. The lowest BCUT2D eigenvalue weighted by atomic mass is 9.91. The van der Waals surface area contributed by atoms with E-state index < -0.39 is 0 Å². The van der Waals surface area contributed by atoms with Crippen LogP contribution in [0, 0.1) is 11.8 Å². The monoisotopic (exact) mass is 316 g/mol. The van der Waals surface area contributed by atoms with Crippen LogP contribution in [-0.2, 0) is 4.79 Å². The lowest BCUT2D eigenvalue weighted by molar-refractivity contribution is -0.121. The molecule has 0 radical (unpaired) electrons. The topological polar surface area (TPSA) is 81.0 Å². The van der Waals surface area contributed by atoms with Gasteiger partial charge in [-0.05, 0) is 43.4 Å². The van der Waals surface area contributed by atoms with Crippen LogP contribution >= 0.6 is 0 Å². The number of rotatable bonds is 3. The molecule has 1 aliphatic rings. The molecule has 1 aromatic carbocycles. The highest BCUT2D eigenvalue weighted by Gasteiger charge is 2.28. The average Bonchev–Trinajstić information content (AvgIpc) is 2.84. The van der Waals surface area contributed by atoms with Gasteiger partial charge in [0.1, 0.15) is 0 Å². The van der Waals surface area contributed by atoms with Gasteiger partial charge >= 0.3 is 5.69 Å². The molecule has 0 aliphatic carbocycles. The summed E-state index contributed by atoms with van der Waals surface area (Å²) in [6.07, 6.45) is 1.22. The number of benzene rings is 1. The molecule has 3 atom stereocenters. The van der Waals surface area contributed by atoms with E-state index in [1.165, 1.54) is 6.42 Å². The van der Waals surface area contributed by atoms with Crippen molar-refractivity contribution in [2.45, 2.75) is 33.2 Å². The average molecular weight is 316 g/mol. The van der Waals surface area contributed by atoms with Gasteiger partial charge in [-0.3, -0.25) is 9.69 Å². The number of nitrogens with one attached hydrogen (secondary N) is 3. The fourth-order valence-corrected chi connectivity index (χ4v) is 3.55. The number of anilines is 1. The van der Waals surface area contributed by atoms with Crippen molar-refractivity contribution in [1.29, 1.82) is 0 Å². The van der Waals surface area contributed by atoms with Crippen molar-refractivity contribution in [1.82, 2.24) is 14.9 Å². The minimum absolute atomic E-state index is 0.0106. The Morgan fingerprint density at radius 1 is 1.22 bits per heavy atom. The molecule has 1 amide bonds. The predicted octanol–water partition coefficient (Wildman–Crippen LogP) is 2.16. The molecule has 124 valence electrons. The second-order valence-electron chi connectivity index (χ2n) is 6.90. The van der Waals surface area contributed by atoms with Crippen molar-refractivity contribution in [3.63, 3.8) is 0 Å². The van der Waals surface area contributed by atoms with Crippen LogP contribution in [0.15, 0.2) is 23.0 Å². The van der Waals surface area contributed by atoms with Crippen LogP contribution in [0.1, 0.15) is 27.2 Å². The third-order valence-electron chi connectivity index (χ3n) is 4.61.